The van der Waals surface area contributed by atoms with Crippen LogP contribution in [0.3, 0.4) is 0 Å². The van der Waals surface area contributed by atoms with Crippen molar-refractivity contribution in [2.24, 2.45) is 0 Å². The molecule has 0 saturated heterocycles. The largest absolute Gasteiger partial charge is 0.487 e. The Morgan fingerprint density at radius 1 is 1.03 bits per heavy atom. The smallest absolute Gasteiger partial charge is 0.266 e. The van der Waals surface area contributed by atoms with Crippen molar-refractivity contribution in [2.75, 3.05) is 5.32 Å². The number of benzene rings is 3. The number of nitriles is 1. The van der Waals surface area contributed by atoms with Gasteiger partial charge in [0.15, 0.2) is 0 Å². The summed E-state index contributed by atoms with van der Waals surface area (Å²) >= 11 is 25.0. The minimum atomic E-state index is -0.558. The Kier molecular flexibility index (Phi) is 8.64. The number of ether oxygens (including phenoxy) is 1. The van der Waals surface area contributed by atoms with Crippen LogP contribution in [0.5, 0.6) is 5.75 Å². The van der Waals surface area contributed by atoms with Crippen molar-refractivity contribution in [3.05, 3.63) is 95.3 Å². The van der Waals surface area contributed by atoms with Gasteiger partial charge < -0.3 is 10.1 Å². The van der Waals surface area contributed by atoms with Crippen LogP contribution in [0.2, 0.25) is 15.1 Å². The van der Waals surface area contributed by atoms with E-state index in [1.54, 1.807) is 54.6 Å². The molecule has 32 heavy (non-hydrogen) atoms. The molecule has 0 heterocycles. The van der Waals surface area contributed by atoms with Crippen molar-refractivity contribution < 1.29 is 9.53 Å². The maximum atomic E-state index is 12.6. The van der Waals surface area contributed by atoms with E-state index < -0.39 is 5.91 Å². The van der Waals surface area contributed by atoms with Crippen LogP contribution in [0.1, 0.15) is 11.1 Å². The monoisotopic (exact) mass is 612 g/mol. The third-order valence-electron chi connectivity index (χ3n) is 4.19. The number of nitrogens with one attached hydrogen (secondary N) is 1. The van der Waals surface area contributed by atoms with Gasteiger partial charge in [-0.2, -0.15) is 5.26 Å². The Morgan fingerprint density at radius 3 is 2.38 bits per heavy atom. The number of rotatable bonds is 6. The summed E-state index contributed by atoms with van der Waals surface area (Å²) in [6.45, 7) is 0.163. The van der Waals surface area contributed by atoms with Gasteiger partial charge in [-0.05, 0) is 70.5 Å². The zero-order chi connectivity index (χ0) is 23.3. The second kappa shape index (κ2) is 11.2. The molecular formula is C23H13Br2Cl3N2O2. The number of anilines is 1. The zero-order valence-corrected chi connectivity index (χ0v) is 21.6. The normalized spacial score (nSPS) is 11.1. The first-order chi connectivity index (χ1) is 15.3. The van der Waals surface area contributed by atoms with E-state index in [0.717, 1.165) is 10.0 Å². The van der Waals surface area contributed by atoms with Crippen LogP contribution in [-0.4, -0.2) is 5.91 Å². The summed E-state index contributed by atoms with van der Waals surface area (Å²) in [5.74, 6) is -0.108. The van der Waals surface area contributed by atoms with E-state index in [2.05, 4.69) is 37.2 Å². The van der Waals surface area contributed by atoms with Crippen LogP contribution in [0.25, 0.3) is 6.08 Å². The van der Waals surface area contributed by atoms with E-state index in [9.17, 15) is 10.1 Å². The molecule has 3 aromatic carbocycles. The quantitative estimate of drug-likeness (QED) is 0.224. The summed E-state index contributed by atoms with van der Waals surface area (Å²) in [7, 11) is 0. The molecule has 1 N–H and O–H groups in total. The Bertz CT molecular complexity index is 1240. The lowest BCUT2D eigenvalue weighted by Gasteiger charge is -2.14. The maximum Gasteiger partial charge on any atom is 0.266 e. The average Bonchev–Trinajstić information content (AvgIpc) is 2.74. The summed E-state index contributed by atoms with van der Waals surface area (Å²) < 4.78 is 7.37. The predicted molar refractivity (Wildman–Crippen MR) is 136 cm³/mol. The summed E-state index contributed by atoms with van der Waals surface area (Å²) in [4.78, 5) is 12.6. The van der Waals surface area contributed by atoms with Crippen molar-refractivity contribution in [2.45, 2.75) is 6.61 Å². The molecule has 0 aromatic heterocycles. The van der Waals surface area contributed by atoms with Crippen molar-refractivity contribution >= 4 is 84.3 Å². The summed E-state index contributed by atoms with van der Waals surface area (Å²) in [6.07, 6.45) is 1.46. The van der Waals surface area contributed by atoms with E-state index >= 15 is 0 Å². The third kappa shape index (κ3) is 6.50. The number of hydrogen-bond acceptors (Lipinski definition) is 3. The van der Waals surface area contributed by atoms with Gasteiger partial charge in [-0.25, -0.2) is 0 Å². The number of amides is 1. The molecule has 9 heteroatoms. The fourth-order valence-electron chi connectivity index (χ4n) is 2.66. The summed E-state index contributed by atoms with van der Waals surface area (Å²) in [5.41, 5.74) is 1.69. The van der Waals surface area contributed by atoms with E-state index in [1.165, 1.54) is 6.08 Å². The second-order valence-electron chi connectivity index (χ2n) is 6.46. The molecule has 0 aliphatic heterocycles. The first kappa shape index (κ1) is 24.6. The van der Waals surface area contributed by atoms with Gasteiger partial charge in [-0.3, -0.25) is 4.79 Å². The van der Waals surface area contributed by atoms with Gasteiger partial charge in [0.25, 0.3) is 5.91 Å². The Hall–Kier alpha value is -2.01. The van der Waals surface area contributed by atoms with Crippen LogP contribution in [0.15, 0.2) is 69.1 Å². The number of carbonyl (C=O) groups excluding carboxylic acids is 1. The average molecular weight is 616 g/mol. The molecule has 3 aromatic rings. The van der Waals surface area contributed by atoms with Gasteiger partial charge in [0, 0.05) is 36.4 Å². The van der Waals surface area contributed by atoms with E-state index in [0.29, 0.717) is 36.5 Å². The van der Waals surface area contributed by atoms with E-state index in [-0.39, 0.29) is 12.2 Å². The lowest BCUT2D eigenvalue weighted by Crippen LogP contribution is -2.13. The summed E-state index contributed by atoms with van der Waals surface area (Å²) in [5, 5.41) is 13.8. The topological polar surface area (TPSA) is 62.1 Å². The summed E-state index contributed by atoms with van der Waals surface area (Å²) in [6, 6.07) is 17.2. The van der Waals surface area contributed by atoms with Crippen molar-refractivity contribution in [3.63, 3.8) is 0 Å². The van der Waals surface area contributed by atoms with Crippen LogP contribution in [-0.2, 0) is 11.4 Å². The molecule has 3 rings (SSSR count). The first-order valence-corrected chi connectivity index (χ1v) is 11.7. The third-order valence-corrected chi connectivity index (χ3v) is 6.08. The van der Waals surface area contributed by atoms with Gasteiger partial charge in [0.05, 0.1) is 4.47 Å². The van der Waals surface area contributed by atoms with E-state index in [4.69, 9.17) is 39.5 Å². The lowest BCUT2D eigenvalue weighted by molar-refractivity contribution is -0.112. The molecule has 0 aliphatic rings. The fraction of sp³-hybridized carbons (Fsp3) is 0.0435. The van der Waals surface area contributed by atoms with Gasteiger partial charge in [0.2, 0.25) is 0 Å². The molecule has 0 aliphatic carbocycles. The SMILES string of the molecule is N#C/C(=C\c1cc(Br)cc(Br)c1OCc1ccc(Cl)cc1Cl)C(=O)Nc1ccc(Cl)cc1. The maximum absolute atomic E-state index is 12.6. The molecular weight excluding hydrogens is 602 g/mol. The van der Waals surface area contributed by atoms with Gasteiger partial charge in [-0.1, -0.05) is 56.8 Å². The number of carbonyl (C=O) groups is 1. The first-order valence-electron chi connectivity index (χ1n) is 9.01. The molecule has 4 nitrogen and oxygen atoms in total. The minimum absolute atomic E-state index is 0.0978. The number of halogens is 5. The van der Waals surface area contributed by atoms with E-state index in [1.807, 2.05) is 6.07 Å². The van der Waals surface area contributed by atoms with Crippen LogP contribution >= 0.6 is 66.7 Å². The molecule has 162 valence electrons. The molecule has 0 fully saturated rings. The van der Waals surface area contributed by atoms with Gasteiger partial charge in [-0.15, -0.1) is 0 Å². The fourth-order valence-corrected chi connectivity index (χ4v) is 4.63. The zero-order valence-electron chi connectivity index (χ0n) is 16.1. The lowest BCUT2D eigenvalue weighted by atomic mass is 10.1. The molecule has 0 saturated carbocycles. The van der Waals surface area contributed by atoms with Gasteiger partial charge >= 0.3 is 0 Å². The Balaban J connectivity index is 1.89. The second-order valence-corrected chi connectivity index (χ2v) is 9.51. The van der Waals surface area contributed by atoms with Crippen molar-refractivity contribution in [1.82, 2.24) is 0 Å². The highest BCUT2D eigenvalue weighted by atomic mass is 79.9. The number of hydrogen-bond donors (Lipinski definition) is 1. The highest BCUT2D eigenvalue weighted by molar-refractivity contribution is 9.11. The van der Waals surface area contributed by atoms with Crippen LogP contribution in [0.4, 0.5) is 5.69 Å². The van der Waals surface area contributed by atoms with Crippen molar-refractivity contribution in [3.8, 4) is 11.8 Å². The highest BCUT2D eigenvalue weighted by Crippen LogP contribution is 2.35. The molecule has 0 atom stereocenters. The molecule has 0 spiro atoms. The standard InChI is InChI=1S/C23H13Br2Cl3N2O2/c24-16-8-14(7-15(11-29)23(31)30-19-5-3-17(26)4-6-19)22(20(25)9-16)32-12-13-1-2-18(27)10-21(13)28/h1-10H,12H2,(H,30,31)/b15-7+. The Labute approximate surface area is 217 Å². The van der Waals surface area contributed by atoms with Crippen LogP contribution in [0, 0.1) is 11.3 Å². The minimum Gasteiger partial charge on any atom is -0.487 e. The molecule has 0 radical (unpaired) electrons. The molecule has 0 bridgehead atoms. The van der Waals surface area contributed by atoms with Gasteiger partial charge in [0.1, 0.15) is 24.0 Å². The predicted octanol–water partition coefficient (Wildman–Crippen LogP) is 8.30. The van der Waals surface area contributed by atoms with Crippen molar-refractivity contribution in [1.29, 1.82) is 5.26 Å². The van der Waals surface area contributed by atoms with Crippen LogP contribution < -0.4 is 10.1 Å². The highest BCUT2D eigenvalue weighted by Gasteiger charge is 2.15. The molecule has 0 unspecified atom stereocenters. The molecule has 1 amide bonds. The number of nitrogens with zero attached hydrogens (tertiary/aromatic N) is 1. The Morgan fingerprint density at radius 2 is 1.72 bits per heavy atom.